The fraction of sp³-hybridized carbons (Fsp3) is 0.286. The fourth-order valence-electron chi connectivity index (χ4n) is 1.92. The molecular formula is C14H18N4O. The molecule has 0 radical (unpaired) electrons. The highest BCUT2D eigenvalue weighted by Gasteiger charge is 2.15. The number of H-pyrrole nitrogens is 1. The second-order valence-electron chi connectivity index (χ2n) is 4.41. The second-order valence-corrected chi connectivity index (χ2v) is 4.41. The molecule has 0 aliphatic rings. The number of nitrogens with zero attached hydrogens (tertiary/aromatic N) is 1. The number of hydrogen-bond acceptors (Lipinski definition) is 3. The van der Waals surface area contributed by atoms with E-state index in [1.54, 1.807) is 12.5 Å². The van der Waals surface area contributed by atoms with Crippen molar-refractivity contribution < 1.29 is 4.79 Å². The van der Waals surface area contributed by atoms with Gasteiger partial charge >= 0.3 is 0 Å². The number of nitrogens with two attached hydrogens (primary N) is 1. The number of rotatable bonds is 7. The Kier molecular flexibility index (Phi) is 4.69. The van der Waals surface area contributed by atoms with E-state index in [0.29, 0.717) is 13.0 Å². The van der Waals surface area contributed by atoms with Crippen molar-refractivity contribution >= 4 is 5.91 Å². The topological polar surface area (TPSA) is 83.8 Å². The molecule has 0 fully saturated rings. The summed E-state index contributed by atoms with van der Waals surface area (Å²) in [5.41, 5.74) is 7.46. The van der Waals surface area contributed by atoms with Crippen LogP contribution in [0.1, 0.15) is 11.3 Å². The van der Waals surface area contributed by atoms with Gasteiger partial charge in [-0.3, -0.25) is 4.79 Å². The highest BCUT2D eigenvalue weighted by atomic mass is 16.1. The van der Waals surface area contributed by atoms with Crippen LogP contribution in [0.25, 0.3) is 0 Å². The third kappa shape index (κ3) is 4.22. The minimum Gasteiger partial charge on any atom is -0.368 e. The number of amides is 1. The molecule has 0 bridgehead atoms. The van der Waals surface area contributed by atoms with Crippen LogP contribution in [0.2, 0.25) is 0 Å². The Bertz CT molecular complexity index is 495. The van der Waals surface area contributed by atoms with Crippen molar-refractivity contribution in [3.8, 4) is 0 Å². The number of imidazole rings is 1. The lowest BCUT2D eigenvalue weighted by Gasteiger charge is -2.14. The molecule has 0 aliphatic heterocycles. The molecule has 2 rings (SSSR count). The van der Waals surface area contributed by atoms with Gasteiger partial charge < -0.3 is 16.0 Å². The first-order valence-electron chi connectivity index (χ1n) is 6.30. The Morgan fingerprint density at radius 2 is 2.16 bits per heavy atom. The van der Waals surface area contributed by atoms with Gasteiger partial charge in [0, 0.05) is 12.6 Å². The molecule has 4 N–H and O–H groups in total. The molecule has 0 saturated heterocycles. The molecule has 0 aliphatic carbocycles. The molecule has 2 aromatic rings. The van der Waals surface area contributed by atoms with Crippen molar-refractivity contribution in [2.45, 2.75) is 18.9 Å². The van der Waals surface area contributed by atoms with Gasteiger partial charge in [0.2, 0.25) is 5.91 Å². The highest BCUT2D eigenvalue weighted by molar-refractivity contribution is 5.80. The van der Waals surface area contributed by atoms with Gasteiger partial charge in [0.15, 0.2) is 0 Å². The van der Waals surface area contributed by atoms with Gasteiger partial charge in [-0.05, 0) is 18.5 Å². The number of carbonyl (C=O) groups excluding carboxylic acids is 1. The van der Waals surface area contributed by atoms with Crippen molar-refractivity contribution in [3.05, 3.63) is 54.1 Å². The summed E-state index contributed by atoms with van der Waals surface area (Å²) in [6.45, 7) is 0.710. The number of primary amides is 1. The van der Waals surface area contributed by atoms with Crippen LogP contribution in [0.4, 0.5) is 0 Å². The van der Waals surface area contributed by atoms with Gasteiger partial charge in [-0.15, -0.1) is 0 Å². The molecule has 1 amide bonds. The Morgan fingerprint density at radius 3 is 2.79 bits per heavy atom. The lowest BCUT2D eigenvalue weighted by Crippen LogP contribution is -2.43. The molecule has 1 aromatic heterocycles. The van der Waals surface area contributed by atoms with E-state index in [-0.39, 0.29) is 11.9 Å². The Balaban J connectivity index is 1.82. The van der Waals surface area contributed by atoms with E-state index in [9.17, 15) is 4.79 Å². The third-order valence-electron chi connectivity index (χ3n) is 2.96. The predicted molar refractivity (Wildman–Crippen MR) is 73.4 cm³/mol. The van der Waals surface area contributed by atoms with Gasteiger partial charge in [-0.2, -0.15) is 0 Å². The highest BCUT2D eigenvalue weighted by Crippen LogP contribution is 2.01. The lowest BCUT2D eigenvalue weighted by atomic mass is 10.1. The second kappa shape index (κ2) is 6.70. The number of aromatic amines is 1. The molecule has 5 heteroatoms. The summed E-state index contributed by atoms with van der Waals surface area (Å²) in [6, 6.07) is 9.74. The van der Waals surface area contributed by atoms with Crippen LogP contribution >= 0.6 is 0 Å². The third-order valence-corrected chi connectivity index (χ3v) is 2.96. The predicted octanol–water partition coefficient (Wildman–Crippen LogP) is 0.638. The Morgan fingerprint density at radius 1 is 1.37 bits per heavy atom. The van der Waals surface area contributed by atoms with Crippen LogP contribution in [-0.2, 0) is 17.6 Å². The number of nitrogens with one attached hydrogen (secondary N) is 2. The van der Waals surface area contributed by atoms with Crippen LogP contribution in [0, 0.1) is 0 Å². The number of hydrogen-bond donors (Lipinski definition) is 3. The van der Waals surface area contributed by atoms with Gasteiger partial charge in [-0.25, -0.2) is 4.98 Å². The standard InChI is InChI=1S/C14H18N4O/c15-14(19)13(8-12-9-16-10-18-12)17-7-6-11-4-2-1-3-5-11/h1-5,9-10,13,17H,6-8H2,(H2,15,19)(H,16,18). The monoisotopic (exact) mass is 258 g/mol. The van der Waals surface area contributed by atoms with Gasteiger partial charge in [-0.1, -0.05) is 30.3 Å². The summed E-state index contributed by atoms with van der Waals surface area (Å²) in [6.07, 6.45) is 4.74. The molecule has 5 nitrogen and oxygen atoms in total. The van der Waals surface area contributed by atoms with E-state index in [4.69, 9.17) is 5.73 Å². The molecule has 0 saturated carbocycles. The SMILES string of the molecule is NC(=O)C(Cc1c[nH]cn1)NCCc1ccccc1. The summed E-state index contributed by atoms with van der Waals surface area (Å²) < 4.78 is 0. The molecule has 19 heavy (non-hydrogen) atoms. The van der Waals surface area contributed by atoms with Crippen LogP contribution in [-0.4, -0.2) is 28.5 Å². The normalized spacial score (nSPS) is 12.2. The fourth-order valence-corrected chi connectivity index (χ4v) is 1.92. The molecule has 1 heterocycles. The lowest BCUT2D eigenvalue weighted by molar-refractivity contribution is -0.120. The zero-order chi connectivity index (χ0) is 13.5. The van der Waals surface area contributed by atoms with Crippen molar-refractivity contribution in [3.63, 3.8) is 0 Å². The zero-order valence-corrected chi connectivity index (χ0v) is 10.7. The smallest absolute Gasteiger partial charge is 0.234 e. The van der Waals surface area contributed by atoms with Crippen molar-refractivity contribution in [2.24, 2.45) is 5.73 Å². The molecule has 1 atom stereocenters. The van der Waals surface area contributed by atoms with Crippen LogP contribution < -0.4 is 11.1 Å². The summed E-state index contributed by atoms with van der Waals surface area (Å²) in [5, 5.41) is 3.18. The van der Waals surface area contributed by atoms with Crippen LogP contribution in [0.15, 0.2) is 42.9 Å². The maximum atomic E-state index is 11.4. The summed E-state index contributed by atoms with van der Waals surface area (Å²) >= 11 is 0. The van der Waals surface area contributed by atoms with Gasteiger partial charge in [0.25, 0.3) is 0 Å². The number of aromatic nitrogens is 2. The van der Waals surface area contributed by atoms with Crippen molar-refractivity contribution in [2.75, 3.05) is 6.54 Å². The Hall–Kier alpha value is -2.14. The minimum atomic E-state index is -0.382. The van der Waals surface area contributed by atoms with Gasteiger partial charge in [0.05, 0.1) is 18.1 Å². The van der Waals surface area contributed by atoms with E-state index in [1.807, 2.05) is 18.2 Å². The Labute approximate surface area is 112 Å². The minimum absolute atomic E-state index is 0.351. The van der Waals surface area contributed by atoms with E-state index in [1.165, 1.54) is 5.56 Å². The molecular weight excluding hydrogens is 240 g/mol. The average molecular weight is 258 g/mol. The number of carbonyl (C=O) groups is 1. The summed E-state index contributed by atoms with van der Waals surface area (Å²) in [7, 11) is 0. The van der Waals surface area contributed by atoms with Crippen molar-refractivity contribution in [1.82, 2.24) is 15.3 Å². The van der Waals surface area contributed by atoms with Gasteiger partial charge in [0.1, 0.15) is 0 Å². The quantitative estimate of drug-likeness (QED) is 0.681. The average Bonchev–Trinajstić information content (AvgIpc) is 2.91. The maximum absolute atomic E-state index is 11.4. The maximum Gasteiger partial charge on any atom is 0.234 e. The first-order valence-corrected chi connectivity index (χ1v) is 6.30. The molecule has 0 spiro atoms. The van der Waals surface area contributed by atoms with E-state index in [0.717, 1.165) is 12.1 Å². The summed E-state index contributed by atoms with van der Waals surface area (Å²) in [4.78, 5) is 18.4. The van der Waals surface area contributed by atoms with Crippen LogP contribution in [0.3, 0.4) is 0 Å². The zero-order valence-electron chi connectivity index (χ0n) is 10.7. The molecule has 100 valence electrons. The van der Waals surface area contributed by atoms with Crippen LogP contribution in [0.5, 0.6) is 0 Å². The molecule has 1 aromatic carbocycles. The molecule has 1 unspecified atom stereocenters. The van der Waals surface area contributed by atoms with E-state index in [2.05, 4.69) is 27.4 Å². The number of benzene rings is 1. The first-order chi connectivity index (χ1) is 9.25. The first kappa shape index (κ1) is 13.3. The van der Waals surface area contributed by atoms with Crippen molar-refractivity contribution in [1.29, 1.82) is 0 Å². The van der Waals surface area contributed by atoms with E-state index < -0.39 is 0 Å². The van der Waals surface area contributed by atoms with E-state index >= 15 is 0 Å². The summed E-state index contributed by atoms with van der Waals surface area (Å²) in [5.74, 6) is -0.351. The largest absolute Gasteiger partial charge is 0.368 e.